The summed E-state index contributed by atoms with van der Waals surface area (Å²) < 4.78 is 84.9. The lowest BCUT2D eigenvalue weighted by molar-refractivity contribution is 0.0677. The number of fused-ring (bicyclic) bond motifs is 1. The van der Waals surface area contributed by atoms with Crippen molar-refractivity contribution in [3.63, 3.8) is 0 Å². The number of pyridine rings is 1. The number of anilines is 1. The average Bonchev–Trinajstić information content (AvgIpc) is 3.27. The molecular weight excluding hydrogens is 585 g/mol. The number of rotatable bonds is 11. The second-order valence-corrected chi connectivity index (χ2v) is 16.0. The van der Waals surface area contributed by atoms with Gasteiger partial charge in [-0.05, 0) is 30.9 Å². The topological polar surface area (TPSA) is 133 Å². The maximum absolute atomic E-state index is 16.0. The number of halogens is 3. The zero-order chi connectivity index (χ0) is 30.1. The molecule has 4 aromatic rings. The summed E-state index contributed by atoms with van der Waals surface area (Å²) in [4.78, 5) is 14.7. The highest BCUT2D eigenvalue weighted by Gasteiger charge is 2.26. The SMILES string of the molecule is COc1ncc(F)cc1S(=O)(=O)Nc1cccc(-c2ccc3c(C(=O)O)nn(COCCS(C)(C)C)c3c2F)c1F. The highest BCUT2D eigenvalue weighted by molar-refractivity contribution is 8.32. The summed E-state index contributed by atoms with van der Waals surface area (Å²) >= 11 is 0. The molecular formula is C26H27F3N4O6S2. The molecule has 0 atom stereocenters. The molecule has 0 aliphatic rings. The number of aromatic nitrogens is 3. The Morgan fingerprint density at radius 2 is 1.78 bits per heavy atom. The minimum absolute atomic E-state index is 0.0215. The first-order valence-electron chi connectivity index (χ1n) is 11.9. The monoisotopic (exact) mass is 612 g/mol. The minimum atomic E-state index is -4.59. The number of carbonyl (C=O) groups is 1. The number of sulfonamides is 1. The maximum atomic E-state index is 16.0. The number of carboxylic acids is 1. The Morgan fingerprint density at radius 1 is 1.07 bits per heavy atom. The number of methoxy groups -OCH3 is 1. The zero-order valence-electron chi connectivity index (χ0n) is 22.4. The van der Waals surface area contributed by atoms with E-state index in [1.807, 2.05) is 4.72 Å². The first-order chi connectivity index (χ1) is 19.2. The molecule has 0 aliphatic heterocycles. The van der Waals surface area contributed by atoms with E-state index in [-0.39, 0.29) is 28.8 Å². The third-order valence-corrected chi connectivity index (χ3v) is 8.66. The molecule has 0 fully saturated rings. The Kier molecular flexibility index (Phi) is 8.52. The van der Waals surface area contributed by atoms with Crippen molar-refractivity contribution in [1.82, 2.24) is 14.8 Å². The van der Waals surface area contributed by atoms with Crippen LogP contribution < -0.4 is 9.46 Å². The Balaban J connectivity index is 1.75. The fraction of sp³-hybridized carbons (Fsp3) is 0.269. The van der Waals surface area contributed by atoms with Crippen LogP contribution in [0.2, 0.25) is 0 Å². The van der Waals surface area contributed by atoms with Crippen molar-refractivity contribution in [2.24, 2.45) is 0 Å². The molecule has 2 heterocycles. The number of benzene rings is 2. The average molecular weight is 613 g/mol. The van der Waals surface area contributed by atoms with Gasteiger partial charge in [-0.3, -0.25) is 4.72 Å². The van der Waals surface area contributed by atoms with E-state index in [4.69, 9.17) is 9.47 Å². The lowest BCUT2D eigenvalue weighted by Gasteiger charge is -2.24. The predicted molar refractivity (Wildman–Crippen MR) is 150 cm³/mol. The van der Waals surface area contributed by atoms with E-state index in [9.17, 15) is 22.7 Å². The standard InChI is InChI=1S/C26H27F3N4O6S2/c1-38-25-20(12-15(27)13-30-25)41(36,37)32-19-7-5-6-16(21(19)28)17-8-9-18-23(26(34)35)31-33(24(18)22(17)29)14-39-10-11-40(2,3)4/h5-9,12-13,32H,10-11,14H2,1-4H3,(H,34,35). The second-order valence-electron chi connectivity index (χ2n) is 9.74. The van der Waals surface area contributed by atoms with Crippen molar-refractivity contribution in [1.29, 1.82) is 0 Å². The summed E-state index contributed by atoms with van der Waals surface area (Å²) in [7, 11) is -4.32. The molecule has 15 heteroatoms. The molecule has 0 saturated heterocycles. The van der Waals surface area contributed by atoms with Crippen molar-refractivity contribution < 1.29 is 41.0 Å². The summed E-state index contributed by atoms with van der Waals surface area (Å²) in [5.41, 5.74) is -1.78. The second kappa shape index (κ2) is 11.6. The van der Waals surface area contributed by atoms with Gasteiger partial charge in [0, 0.05) is 28.3 Å². The molecule has 0 spiro atoms. The van der Waals surface area contributed by atoms with Gasteiger partial charge in [-0.15, -0.1) is 0 Å². The van der Waals surface area contributed by atoms with Gasteiger partial charge in [0.05, 0.1) is 25.6 Å². The van der Waals surface area contributed by atoms with Crippen LogP contribution in [0.1, 0.15) is 10.5 Å². The van der Waals surface area contributed by atoms with Crippen LogP contribution in [0.15, 0.2) is 47.5 Å². The number of ether oxygens (including phenoxy) is 2. The number of carboxylic acid groups (broad SMARTS) is 1. The predicted octanol–water partition coefficient (Wildman–Crippen LogP) is 4.69. The van der Waals surface area contributed by atoms with Crippen LogP contribution in [0.4, 0.5) is 18.9 Å². The Hall–Kier alpha value is -3.82. The van der Waals surface area contributed by atoms with Crippen LogP contribution in [0, 0.1) is 17.5 Å². The number of aromatic carboxylic acids is 1. The number of nitrogens with one attached hydrogen (secondary N) is 1. The molecule has 2 aromatic carbocycles. The molecule has 0 amide bonds. The molecule has 0 saturated carbocycles. The number of hydrogen-bond donors (Lipinski definition) is 2. The summed E-state index contributed by atoms with van der Waals surface area (Å²) in [6, 6.07) is 6.75. The maximum Gasteiger partial charge on any atom is 0.357 e. The van der Waals surface area contributed by atoms with Gasteiger partial charge in [0.1, 0.15) is 18.1 Å². The normalized spacial score (nSPS) is 12.5. The van der Waals surface area contributed by atoms with Gasteiger partial charge in [-0.25, -0.2) is 46.1 Å². The molecule has 2 aromatic heterocycles. The van der Waals surface area contributed by atoms with Gasteiger partial charge in [0.15, 0.2) is 22.2 Å². The third-order valence-electron chi connectivity index (χ3n) is 5.91. The molecule has 41 heavy (non-hydrogen) atoms. The largest absolute Gasteiger partial charge is 0.480 e. The van der Waals surface area contributed by atoms with Crippen molar-refractivity contribution in [3.8, 4) is 17.0 Å². The van der Waals surface area contributed by atoms with Gasteiger partial charge in [-0.2, -0.15) is 5.10 Å². The van der Waals surface area contributed by atoms with Crippen LogP contribution >= 0.6 is 10.0 Å². The fourth-order valence-electron chi connectivity index (χ4n) is 3.92. The van der Waals surface area contributed by atoms with Crippen molar-refractivity contribution in [3.05, 3.63) is 65.7 Å². The Morgan fingerprint density at radius 3 is 2.44 bits per heavy atom. The zero-order valence-corrected chi connectivity index (χ0v) is 24.1. The first-order valence-corrected chi connectivity index (χ1v) is 16.4. The van der Waals surface area contributed by atoms with Gasteiger partial charge >= 0.3 is 5.97 Å². The van der Waals surface area contributed by atoms with Crippen LogP contribution in [-0.2, 0) is 21.5 Å². The summed E-state index contributed by atoms with van der Waals surface area (Å²) in [6.07, 6.45) is 7.06. The highest BCUT2D eigenvalue weighted by Crippen LogP contribution is 2.36. The van der Waals surface area contributed by atoms with E-state index < -0.39 is 65.6 Å². The molecule has 2 N–H and O–H groups in total. The molecule has 0 radical (unpaired) electrons. The van der Waals surface area contributed by atoms with Crippen LogP contribution in [-0.4, -0.2) is 72.5 Å². The molecule has 220 valence electrons. The summed E-state index contributed by atoms with van der Waals surface area (Å²) in [5, 5.41) is 13.6. The van der Waals surface area contributed by atoms with Crippen molar-refractivity contribution in [2.45, 2.75) is 11.6 Å². The minimum Gasteiger partial charge on any atom is -0.480 e. The van der Waals surface area contributed by atoms with E-state index in [1.165, 1.54) is 24.3 Å². The van der Waals surface area contributed by atoms with E-state index in [1.54, 1.807) is 0 Å². The third kappa shape index (κ3) is 6.41. The Labute approximate surface area is 235 Å². The van der Waals surface area contributed by atoms with Crippen LogP contribution in [0.25, 0.3) is 22.0 Å². The van der Waals surface area contributed by atoms with Gasteiger partial charge in [-0.1, -0.05) is 18.2 Å². The molecule has 10 nitrogen and oxygen atoms in total. The molecule has 0 aliphatic carbocycles. The lowest BCUT2D eigenvalue weighted by atomic mass is 10.0. The molecule has 0 unspecified atom stereocenters. The van der Waals surface area contributed by atoms with Gasteiger partial charge in [0.25, 0.3) is 10.0 Å². The Bertz CT molecular complexity index is 1740. The first kappa shape index (κ1) is 30.1. The van der Waals surface area contributed by atoms with Gasteiger partial charge in [0.2, 0.25) is 5.88 Å². The molecule has 0 bridgehead atoms. The van der Waals surface area contributed by atoms with E-state index in [0.717, 1.165) is 29.8 Å². The van der Waals surface area contributed by atoms with Crippen LogP contribution in [0.5, 0.6) is 5.88 Å². The smallest absolute Gasteiger partial charge is 0.357 e. The number of nitrogens with zero attached hydrogens (tertiary/aromatic N) is 3. The quantitative estimate of drug-likeness (QED) is 0.233. The van der Waals surface area contributed by atoms with E-state index in [2.05, 4.69) is 28.8 Å². The van der Waals surface area contributed by atoms with Crippen molar-refractivity contribution in [2.75, 3.05) is 43.0 Å². The number of hydrogen-bond acceptors (Lipinski definition) is 7. The fourth-order valence-corrected chi connectivity index (χ4v) is 5.73. The molecule has 4 rings (SSSR count). The van der Waals surface area contributed by atoms with Crippen molar-refractivity contribution >= 4 is 42.6 Å². The summed E-state index contributed by atoms with van der Waals surface area (Å²) in [6.45, 7) is 0.0951. The summed E-state index contributed by atoms with van der Waals surface area (Å²) in [5.74, 6) is -4.12. The van der Waals surface area contributed by atoms with Gasteiger partial charge < -0.3 is 14.6 Å². The van der Waals surface area contributed by atoms with E-state index >= 15 is 8.78 Å². The highest BCUT2D eigenvalue weighted by atomic mass is 32.3. The van der Waals surface area contributed by atoms with E-state index in [0.29, 0.717) is 12.7 Å². The van der Waals surface area contributed by atoms with Crippen LogP contribution in [0.3, 0.4) is 0 Å². The lowest BCUT2D eigenvalue weighted by Crippen LogP contribution is -2.16.